The zero-order valence-corrected chi connectivity index (χ0v) is 14.1. The fourth-order valence-corrected chi connectivity index (χ4v) is 2.26. The Morgan fingerprint density at radius 2 is 2.08 bits per heavy atom. The third-order valence-electron chi connectivity index (χ3n) is 2.96. The molecule has 1 aromatic carbocycles. The number of benzene rings is 1. The molecule has 0 fully saturated rings. The Labute approximate surface area is 147 Å². The predicted octanol–water partition coefficient (Wildman–Crippen LogP) is 3.64. The summed E-state index contributed by atoms with van der Waals surface area (Å²) in [7, 11) is 0. The summed E-state index contributed by atoms with van der Waals surface area (Å²) in [6.07, 6.45) is 0.110. The van der Waals surface area contributed by atoms with E-state index in [-0.39, 0.29) is 17.3 Å². The largest absolute Gasteiger partial charge is 0.452 e. The maximum Gasteiger partial charge on any atom is 0.311 e. The molecule has 8 heteroatoms. The number of nitrogens with one attached hydrogen (secondary N) is 1. The second kappa shape index (κ2) is 8.08. The van der Waals surface area contributed by atoms with E-state index < -0.39 is 23.8 Å². The van der Waals surface area contributed by atoms with Crippen molar-refractivity contribution in [3.63, 3.8) is 0 Å². The van der Waals surface area contributed by atoms with Gasteiger partial charge in [0.05, 0.1) is 16.5 Å². The summed E-state index contributed by atoms with van der Waals surface area (Å²) >= 11 is 11.6. The Morgan fingerprint density at radius 1 is 1.33 bits per heavy atom. The van der Waals surface area contributed by atoms with Gasteiger partial charge in [0.25, 0.3) is 5.91 Å². The number of carbonyl (C=O) groups is 2. The zero-order chi connectivity index (χ0) is 17.7. The molecule has 2 aromatic rings. The third-order valence-corrected chi connectivity index (χ3v) is 3.46. The van der Waals surface area contributed by atoms with Crippen molar-refractivity contribution in [1.82, 2.24) is 4.98 Å². The first-order valence-corrected chi connectivity index (χ1v) is 7.66. The summed E-state index contributed by atoms with van der Waals surface area (Å²) in [5.74, 6) is -1.59. The highest BCUT2D eigenvalue weighted by molar-refractivity contribution is 6.36. The number of esters is 1. The van der Waals surface area contributed by atoms with Crippen molar-refractivity contribution < 1.29 is 18.7 Å². The lowest BCUT2D eigenvalue weighted by atomic mass is 10.1. The minimum atomic E-state index is -1.07. The molecule has 0 unspecified atom stereocenters. The van der Waals surface area contributed by atoms with E-state index in [1.54, 1.807) is 6.07 Å². The molecule has 1 atom stereocenters. The summed E-state index contributed by atoms with van der Waals surface area (Å²) in [5.41, 5.74) is 0.454. The molecule has 0 radical (unpaired) electrons. The molecular formula is C16H13Cl2FN2O3. The standard InChI is InChI=1S/C16H13Cl2FN2O3/c1-9(16(23)21-15-13(18)7-11(17)8-20-15)24-14(22)6-10-3-2-4-12(19)5-10/h2-5,7-9H,6H2,1H3,(H,20,21,23)/t9-/m0/s1. The molecule has 5 nitrogen and oxygen atoms in total. The first kappa shape index (κ1) is 18.2. The predicted molar refractivity (Wildman–Crippen MR) is 88.5 cm³/mol. The molecule has 0 saturated carbocycles. The van der Waals surface area contributed by atoms with E-state index in [0.29, 0.717) is 10.6 Å². The van der Waals surface area contributed by atoms with Crippen molar-refractivity contribution in [2.75, 3.05) is 5.32 Å². The number of nitrogens with zero attached hydrogens (tertiary/aromatic N) is 1. The second-order valence-electron chi connectivity index (χ2n) is 4.91. The van der Waals surface area contributed by atoms with Gasteiger partial charge in [-0.2, -0.15) is 0 Å². The molecule has 2 rings (SSSR count). The maximum absolute atomic E-state index is 13.1. The van der Waals surface area contributed by atoms with Crippen LogP contribution in [0.4, 0.5) is 10.2 Å². The molecular weight excluding hydrogens is 358 g/mol. The Balaban J connectivity index is 1.92. The van der Waals surface area contributed by atoms with Gasteiger partial charge in [0, 0.05) is 6.20 Å². The second-order valence-corrected chi connectivity index (χ2v) is 5.76. The Morgan fingerprint density at radius 3 is 2.75 bits per heavy atom. The van der Waals surface area contributed by atoms with Crippen molar-refractivity contribution in [1.29, 1.82) is 0 Å². The van der Waals surface area contributed by atoms with E-state index in [0.717, 1.165) is 0 Å². The van der Waals surface area contributed by atoms with Crippen molar-refractivity contribution in [3.8, 4) is 0 Å². The summed E-state index contributed by atoms with van der Waals surface area (Å²) in [6.45, 7) is 1.41. The molecule has 0 aliphatic rings. The number of ether oxygens (including phenoxy) is 1. The van der Waals surface area contributed by atoms with Crippen LogP contribution in [0.2, 0.25) is 10.0 Å². The van der Waals surface area contributed by atoms with Crippen molar-refractivity contribution in [3.05, 3.63) is 58.0 Å². The lowest BCUT2D eigenvalue weighted by molar-refractivity contribution is -0.152. The van der Waals surface area contributed by atoms with Crippen LogP contribution in [0.15, 0.2) is 36.5 Å². The summed E-state index contributed by atoms with van der Waals surface area (Å²) < 4.78 is 18.1. The number of pyridine rings is 1. The molecule has 0 saturated heterocycles. The molecule has 0 aliphatic carbocycles. The van der Waals surface area contributed by atoms with Crippen molar-refractivity contribution >= 4 is 40.9 Å². The van der Waals surface area contributed by atoms with Gasteiger partial charge >= 0.3 is 5.97 Å². The van der Waals surface area contributed by atoms with E-state index in [1.807, 2.05) is 0 Å². The first-order chi connectivity index (χ1) is 11.3. The molecule has 0 bridgehead atoms. The lowest BCUT2D eigenvalue weighted by Gasteiger charge is -2.14. The van der Waals surface area contributed by atoms with Gasteiger partial charge in [-0.15, -0.1) is 0 Å². The number of hydrogen-bond acceptors (Lipinski definition) is 4. The topological polar surface area (TPSA) is 68.3 Å². The first-order valence-electron chi connectivity index (χ1n) is 6.91. The highest BCUT2D eigenvalue weighted by Gasteiger charge is 2.19. The van der Waals surface area contributed by atoms with Crippen LogP contribution >= 0.6 is 23.2 Å². The van der Waals surface area contributed by atoms with E-state index >= 15 is 0 Å². The number of aromatic nitrogens is 1. The third kappa shape index (κ3) is 5.18. The SMILES string of the molecule is C[C@H](OC(=O)Cc1cccc(F)c1)C(=O)Nc1ncc(Cl)cc1Cl. The molecule has 1 N–H and O–H groups in total. The summed E-state index contributed by atoms with van der Waals surface area (Å²) in [4.78, 5) is 27.7. The molecule has 1 heterocycles. The van der Waals surface area contributed by atoms with Gasteiger partial charge in [-0.3, -0.25) is 9.59 Å². The fourth-order valence-electron chi connectivity index (χ4n) is 1.83. The lowest BCUT2D eigenvalue weighted by Crippen LogP contribution is -2.30. The molecule has 24 heavy (non-hydrogen) atoms. The van der Waals surface area contributed by atoms with Gasteiger partial charge in [-0.25, -0.2) is 9.37 Å². The number of carbonyl (C=O) groups excluding carboxylic acids is 2. The average Bonchev–Trinajstić information content (AvgIpc) is 2.49. The van der Waals surface area contributed by atoms with Crippen LogP contribution in [0.3, 0.4) is 0 Å². The summed E-state index contributed by atoms with van der Waals surface area (Å²) in [6, 6.07) is 7.00. The van der Waals surface area contributed by atoms with E-state index in [1.165, 1.54) is 37.4 Å². The van der Waals surface area contributed by atoms with E-state index in [4.69, 9.17) is 27.9 Å². The van der Waals surface area contributed by atoms with Gasteiger partial charge in [0.1, 0.15) is 5.82 Å². The average molecular weight is 371 g/mol. The number of amides is 1. The van der Waals surface area contributed by atoms with Crippen LogP contribution in [0.1, 0.15) is 12.5 Å². The smallest absolute Gasteiger partial charge is 0.311 e. The normalized spacial score (nSPS) is 11.7. The monoisotopic (exact) mass is 370 g/mol. The van der Waals surface area contributed by atoms with Gasteiger partial charge in [0.15, 0.2) is 11.9 Å². The molecule has 1 amide bonds. The molecule has 126 valence electrons. The van der Waals surface area contributed by atoms with Crippen LogP contribution in [0, 0.1) is 5.82 Å². The van der Waals surface area contributed by atoms with Crippen LogP contribution in [-0.4, -0.2) is 23.0 Å². The quantitative estimate of drug-likeness (QED) is 0.815. The Hall–Kier alpha value is -2.18. The van der Waals surface area contributed by atoms with Crippen LogP contribution < -0.4 is 5.32 Å². The van der Waals surface area contributed by atoms with Crippen LogP contribution in [-0.2, 0) is 20.7 Å². The molecule has 1 aromatic heterocycles. The van der Waals surface area contributed by atoms with Crippen LogP contribution in [0.5, 0.6) is 0 Å². The number of anilines is 1. The highest BCUT2D eigenvalue weighted by atomic mass is 35.5. The minimum absolute atomic E-state index is 0.110. The fraction of sp³-hybridized carbons (Fsp3) is 0.188. The van der Waals surface area contributed by atoms with Gasteiger partial charge in [-0.1, -0.05) is 35.3 Å². The number of halogens is 3. The van der Waals surface area contributed by atoms with Gasteiger partial charge < -0.3 is 10.1 Å². The zero-order valence-electron chi connectivity index (χ0n) is 12.6. The van der Waals surface area contributed by atoms with Gasteiger partial charge in [0.2, 0.25) is 0 Å². The van der Waals surface area contributed by atoms with Crippen molar-refractivity contribution in [2.24, 2.45) is 0 Å². The summed E-state index contributed by atoms with van der Waals surface area (Å²) in [5, 5.41) is 2.93. The Bertz CT molecular complexity index is 771. The van der Waals surface area contributed by atoms with E-state index in [2.05, 4.69) is 10.3 Å². The highest BCUT2D eigenvalue weighted by Crippen LogP contribution is 2.22. The Kier molecular flexibility index (Phi) is 6.11. The van der Waals surface area contributed by atoms with E-state index in [9.17, 15) is 14.0 Å². The minimum Gasteiger partial charge on any atom is -0.452 e. The van der Waals surface area contributed by atoms with Crippen LogP contribution in [0.25, 0.3) is 0 Å². The van der Waals surface area contributed by atoms with Gasteiger partial charge in [-0.05, 0) is 30.7 Å². The number of hydrogen-bond donors (Lipinski definition) is 1. The number of rotatable bonds is 5. The molecule has 0 spiro atoms. The van der Waals surface area contributed by atoms with Crippen molar-refractivity contribution in [2.45, 2.75) is 19.4 Å². The molecule has 0 aliphatic heterocycles. The maximum atomic E-state index is 13.1.